The molecule has 4 heteroatoms. The molecule has 0 aromatic heterocycles. The molecule has 0 saturated heterocycles. The molecule has 3 nitrogen and oxygen atoms in total. The van der Waals surface area contributed by atoms with E-state index < -0.39 is 10.8 Å². The van der Waals surface area contributed by atoms with Gasteiger partial charge in [-0.05, 0) is 38.5 Å². The van der Waals surface area contributed by atoms with Crippen molar-refractivity contribution in [3.63, 3.8) is 0 Å². The monoisotopic (exact) mass is 254 g/mol. The topological polar surface area (TPSA) is 43.4 Å². The SMILES string of the molecule is COC(=O)c1ccc(CS(=O)C(C)(C)C)cc1. The van der Waals surface area contributed by atoms with Crippen molar-refractivity contribution >= 4 is 16.8 Å². The average Bonchev–Trinajstić information content (AvgIpc) is 2.27. The van der Waals surface area contributed by atoms with Crippen molar-refractivity contribution in [3.8, 4) is 0 Å². The van der Waals surface area contributed by atoms with Crippen molar-refractivity contribution in [1.82, 2.24) is 0 Å². The minimum Gasteiger partial charge on any atom is -0.465 e. The van der Waals surface area contributed by atoms with E-state index >= 15 is 0 Å². The molecule has 1 aromatic rings. The second kappa shape index (κ2) is 5.45. The van der Waals surface area contributed by atoms with Gasteiger partial charge in [-0.25, -0.2) is 4.79 Å². The van der Waals surface area contributed by atoms with E-state index in [0.29, 0.717) is 11.3 Å². The van der Waals surface area contributed by atoms with Gasteiger partial charge in [0.25, 0.3) is 0 Å². The van der Waals surface area contributed by atoms with Gasteiger partial charge in [0.2, 0.25) is 0 Å². The lowest BCUT2D eigenvalue weighted by atomic mass is 10.1. The number of carbonyl (C=O) groups excluding carboxylic acids is 1. The largest absolute Gasteiger partial charge is 0.465 e. The van der Waals surface area contributed by atoms with Gasteiger partial charge in [-0.15, -0.1) is 0 Å². The number of methoxy groups -OCH3 is 1. The molecular weight excluding hydrogens is 236 g/mol. The van der Waals surface area contributed by atoms with Crippen molar-refractivity contribution in [3.05, 3.63) is 35.4 Å². The van der Waals surface area contributed by atoms with E-state index in [-0.39, 0.29) is 10.7 Å². The summed E-state index contributed by atoms with van der Waals surface area (Å²) in [6, 6.07) is 7.02. The van der Waals surface area contributed by atoms with E-state index in [1.54, 1.807) is 12.1 Å². The highest BCUT2D eigenvalue weighted by molar-refractivity contribution is 7.85. The molecule has 0 bridgehead atoms. The standard InChI is InChI=1S/C13H18O3S/c1-13(2,3)17(15)9-10-5-7-11(8-6-10)12(14)16-4/h5-8H,9H2,1-4H3. The minimum atomic E-state index is -0.924. The number of hydrogen-bond acceptors (Lipinski definition) is 3. The fraction of sp³-hybridized carbons (Fsp3) is 0.462. The van der Waals surface area contributed by atoms with Gasteiger partial charge in [-0.1, -0.05) is 12.1 Å². The highest BCUT2D eigenvalue weighted by Crippen LogP contribution is 2.16. The Morgan fingerprint density at radius 3 is 2.18 bits per heavy atom. The predicted octanol–water partition coefficient (Wildman–Crippen LogP) is 2.52. The van der Waals surface area contributed by atoms with Crippen molar-refractivity contribution in [2.45, 2.75) is 31.3 Å². The van der Waals surface area contributed by atoms with Gasteiger partial charge in [0, 0.05) is 21.3 Å². The van der Waals surface area contributed by atoms with Gasteiger partial charge < -0.3 is 4.74 Å². The summed E-state index contributed by atoms with van der Waals surface area (Å²) in [6.45, 7) is 5.85. The Balaban J connectivity index is 2.76. The van der Waals surface area contributed by atoms with Gasteiger partial charge in [-0.3, -0.25) is 4.21 Å². The van der Waals surface area contributed by atoms with Gasteiger partial charge in [0.15, 0.2) is 0 Å². The first kappa shape index (κ1) is 13.9. The third-order valence-corrected chi connectivity index (χ3v) is 4.32. The highest BCUT2D eigenvalue weighted by atomic mass is 32.2. The molecule has 0 N–H and O–H groups in total. The number of benzene rings is 1. The third-order valence-electron chi connectivity index (χ3n) is 2.36. The van der Waals surface area contributed by atoms with Crippen molar-refractivity contribution < 1.29 is 13.7 Å². The Bertz CT molecular complexity index is 415. The van der Waals surface area contributed by atoms with Crippen LogP contribution in [-0.2, 0) is 21.3 Å². The van der Waals surface area contributed by atoms with Gasteiger partial charge in [0.05, 0.1) is 12.7 Å². The van der Waals surface area contributed by atoms with Crippen LogP contribution in [0.1, 0.15) is 36.7 Å². The normalized spacial score (nSPS) is 13.2. The Morgan fingerprint density at radius 1 is 1.24 bits per heavy atom. The van der Waals surface area contributed by atoms with Gasteiger partial charge >= 0.3 is 5.97 Å². The van der Waals surface area contributed by atoms with E-state index in [1.165, 1.54) is 7.11 Å². The zero-order chi connectivity index (χ0) is 13.1. The van der Waals surface area contributed by atoms with E-state index in [9.17, 15) is 9.00 Å². The fourth-order valence-electron chi connectivity index (χ4n) is 1.22. The summed E-state index contributed by atoms with van der Waals surface area (Å²) in [5.41, 5.74) is 1.48. The maximum Gasteiger partial charge on any atom is 0.337 e. The molecule has 0 aliphatic heterocycles. The predicted molar refractivity (Wildman–Crippen MR) is 69.4 cm³/mol. The average molecular weight is 254 g/mol. The summed E-state index contributed by atoms with van der Waals surface area (Å²) in [7, 11) is 0.429. The van der Waals surface area contributed by atoms with Crippen LogP contribution < -0.4 is 0 Å². The Kier molecular flexibility index (Phi) is 4.46. The first-order valence-corrected chi connectivity index (χ1v) is 6.72. The minimum absolute atomic E-state index is 0.221. The maximum atomic E-state index is 11.9. The molecule has 0 radical (unpaired) electrons. The summed E-state index contributed by atoms with van der Waals surface area (Å²) >= 11 is 0. The van der Waals surface area contributed by atoms with Gasteiger partial charge in [0.1, 0.15) is 0 Å². The quantitative estimate of drug-likeness (QED) is 0.778. The summed E-state index contributed by atoms with van der Waals surface area (Å²) in [5.74, 6) is 0.152. The molecule has 0 amide bonds. The van der Waals surface area contributed by atoms with Crippen LogP contribution in [0.3, 0.4) is 0 Å². The highest BCUT2D eigenvalue weighted by Gasteiger charge is 2.19. The second-order valence-electron chi connectivity index (χ2n) is 4.79. The molecule has 0 saturated carbocycles. The van der Waals surface area contributed by atoms with Crippen LogP contribution in [0.2, 0.25) is 0 Å². The molecule has 1 unspecified atom stereocenters. The van der Waals surface area contributed by atoms with Crippen LogP contribution in [-0.4, -0.2) is 22.0 Å². The molecule has 1 aromatic carbocycles. The number of esters is 1. The number of carbonyl (C=O) groups is 1. The number of ether oxygens (including phenoxy) is 1. The maximum absolute atomic E-state index is 11.9. The van der Waals surface area contributed by atoms with E-state index in [1.807, 2.05) is 32.9 Å². The number of rotatable bonds is 3. The molecular formula is C13H18O3S. The Hall–Kier alpha value is -1.16. The molecule has 0 fully saturated rings. The second-order valence-corrected chi connectivity index (χ2v) is 7.00. The van der Waals surface area contributed by atoms with Crippen LogP contribution in [0, 0.1) is 0 Å². The lowest BCUT2D eigenvalue weighted by Crippen LogP contribution is -2.22. The van der Waals surface area contributed by atoms with Crippen LogP contribution in [0.15, 0.2) is 24.3 Å². The lowest BCUT2D eigenvalue weighted by molar-refractivity contribution is 0.0600. The zero-order valence-electron chi connectivity index (χ0n) is 10.6. The third kappa shape index (κ3) is 3.97. The van der Waals surface area contributed by atoms with E-state index in [2.05, 4.69) is 4.74 Å². The van der Waals surface area contributed by atoms with E-state index in [4.69, 9.17) is 0 Å². The Morgan fingerprint density at radius 2 is 1.76 bits per heavy atom. The fourth-order valence-corrected chi connectivity index (χ4v) is 2.15. The molecule has 0 aliphatic rings. The van der Waals surface area contributed by atoms with Gasteiger partial charge in [-0.2, -0.15) is 0 Å². The molecule has 0 aliphatic carbocycles. The molecule has 17 heavy (non-hydrogen) atoms. The smallest absolute Gasteiger partial charge is 0.337 e. The number of hydrogen-bond donors (Lipinski definition) is 0. The molecule has 1 rings (SSSR count). The lowest BCUT2D eigenvalue weighted by Gasteiger charge is -2.17. The summed E-state index contributed by atoms with van der Waals surface area (Å²) in [4.78, 5) is 11.2. The van der Waals surface area contributed by atoms with Crippen molar-refractivity contribution in [1.29, 1.82) is 0 Å². The first-order valence-electron chi connectivity index (χ1n) is 5.40. The van der Waals surface area contributed by atoms with Crippen LogP contribution in [0.25, 0.3) is 0 Å². The summed E-state index contributed by atoms with van der Waals surface area (Å²) < 4.78 is 16.3. The van der Waals surface area contributed by atoms with E-state index in [0.717, 1.165) is 5.56 Å². The van der Waals surface area contributed by atoms with Crippen molar-refractivity contribution in [2.75, 3.05) is 7.11 Å². The Labute approximate surface area is 105 Å². The summed E-state index contributed by atoms with van der Waals surface area (Å²) in [6.07, 6.45) is 0. The molecule has 94 valence electrons. The van der Waals surface area contributed by atoms with Crippen LogP contribution in [0.4, 0.5) is 0 Å². The molecule has 0 spiro atoms. The molecule has 1 atom stereocenters. The van der Waals surface area contributed by atoms with Crippen molar-refractivity contribution in [2.24, 2.45) is 0 Å². The zero-order valence-corrected chi connectivity index (χ0v) is 11.5. The molecule has 0 heterocycles. The first-order chi connectivity index (χ1) is 7.84. The van der Waals surface area contributed by atoms with Crippen LogP contribution in [0.5, 0.6) is 0 Å². The summed E-state index contributed by atoms with van der Waals surface area (Å²) in [5, 5.41) is 0. The van der Waals surface area contributed by atoms with Crippen LogP contribution >= 0.6 is 0 Å².